The lowest BCUT2D eigenvalue weighted by Gasteiger charge is -2.09. The van der Waals surface area contributed by atoms with Crippen molar-refractivity contribution in [1.29, 1.82) is 0 Å². The lowest BCUT2D eigenvalue weighted by atomic mass is 10.2. The van der Waals surface area contributed by atoms with Gasteiger partial charge >= 0.3 is 0 Å². The van der Waals surface area contributed by atoms with Crippen molar-refractivity contribution < 1.29 is 13.0 Å². The normalized spacial score (nSPS) is 14.6. The predicted octanol–water partition coefficient (Wildman–Crippen LogP) is -0.669. The quantitative estimate of drug-likeness (QED) is 0.386. The smallest absolute Gasteiger partial charge is 0.269 e. The van der Waals surface area contributed by atoms with Crippen LogP contribution in [0.25, 0.3) is 0 Å². The number of hydrogen-bond donors (Lipinski definition) is 3. The number of rotatable bonds is 6. The van der Waals surface area contributed by atoms with Crippen molar-refractivity contribution in [3.63, 3.8) is 0 Å². The van der Waals surface area contributed by atoms with Crippen LogP contribution >= 0.6 is 0 Å². The molecule has 0 saturated carbocycles. The van der Waals surface area contributed by atoms with Gasteiger partial charge in [0.2, 0.25) is 0 Å². The molecule has 0 spiro atoms. The molecular formula is C6H16N2O3S. The van der Waals surface area contributed by atoms with Gasteiger partial charge in [-0.05, 0) is 19.4 Å². The Bertz CT molecular complexity index is 203. The predicted molar refractivity (Wildman–Crippen MR) is 47.3 cm³/mol. The Morgan fingerprint density at radius 1 is 1.25 bits per heavy atom. The molecule has 5 nitrogen and oxygen atoms in total. The van der Waals surface area contributed by atoms with Gasteiger partial charge in [-0.25, -0.2) is 0 Å². The molecule has 0 aliphatic carbocycles. The van der Waals surface area contributed by atoms with Crippen molar-refractivity contribution in [3.05, 3.63) is 0 Å². The van der Waals surface area contributed by atoms with Crippen LogP contribution in [-0.2, 0) is 10.1 Å². The van der Waals surface area contributed by atoms with E-state index in [2.05, 4.69) is 0 Å². The molecule has 0 amide bonds. The third-order valence-electron chi connectivity index (χ3n) is 1.66. The molecule has 12 heavy (non-hydrogen) atoms. The number of nitrogens with two attached hydrogens (primary N) is 2. The molecule has 0 aromatic heterocycles. The van der Waals surface area contributed by atoms with E-state index in [1.807, 2.05) is 0 Å². The Labute approximate surface area is 72.9 Å². The molecule has 0 aromatic rings. The highest BCUT2D eigenvalue weighted by Crippen LogP contribution is 2.06. The Hall–Kier alpha value is -0.170. The molecule has 74 valence electrons. The minimum Gasteiger partial charge on any atom is -0.330 e. The molecule has 0 radical (unpaired) electrons. The molecule has 0 saturated heterocycles. The molecule has 1 unspecified atom stereocenters. The molecule has 0 aromatic carbocycles. The Morgan fingerprint density at radius 2 is 1.83 bits per heavy atom. The highest BCUT2D eigenvalue weighted by molar-refractivity contribution is 7.86. The summed E-state index contributed by atoms with van der Waals surface area (Å²) in [5.74, 6) is 0. The number of hydrogen-bond acceptors (Lipinski definition) is 4. The van der Waals surface area contributed by atoms with Crippen LogP contribution in [0, 0.1) is 0 Å². The van der Waals surface area contributed by atoms with Crippen LogP contribution in [0.3, 0.4) is 0 Å². The summed E-state index contributed by atoms with van der Waals surface area (Å²) in [5, 5.41) is -0.830. The maximum atomic E-state index is 10.6. The zero-order valence-electron chi connectivity index (χ0n) is 6.94. The minimum atomic E-state index is -3.96. The maximum absolute atomic E-state index is 10.6. The van der Waals surface area contributed by atoms with Crippen LogP contribution in [0.5, 0.6) is 0 Å². The highest BCUT2D eigenvalue weighted by atomic mass is 32.2. The highest BCUT2D eigenvalue weighted by Gasteiger charge is 2.19. The molecule has 0 heterocycles. The van der Waals surface area contributed by atoms with Crippen molar-refractivity contribution in [3.8, 4) is 0 Å². The summed E-state index contributed by atoms with van der Waals surface area (Å²) in [6, 6.07) is 0. The van der Waals surface area contributed by atoms with Crippen molar-refractivity contribution in [1.82, 2.24) is 0 Å². The molecule has 1 atom stereocenters. The Balaban J connectivity index is 3.85. The Morgan fingerprint density at radius 3 is 2.17 bits per heavy atom. The third kappa shape index (κ3) is 4.66. The summed E-state index contributed by atoms with van der Waals surface area (Å²) in [7, 11) is -3.96. The minimum absolute atomic E-state index is 0.0383. The second-order valence-electron chi connectivity index (χ2n) is 2.66. The van der Waals surface area contributed by atoms with Gasteiger partial charge in [0.1, 0.15) is 0 Å². The summed E-state index contributed by atoms with van der Waals surface area (Å²) < 4.78 is 29.8. The fraction of sp³-hybridized carbons (Fsp3) is 1.00. The molecule has 0 aliphatic heterocycles. The van der Waals surface area contributed by atoms with E-state index in [1.165, 1.54) is 0 Å². The van der Waals surface area contributed by atoms with E-state index in [-0.39, 0.29) is 6.54 Å². The topological polar surface area (TPSA) is 106 Å². The van der Waals surface area contributed by atoms with Crippen LogP contribution in [-0.4, -0.2) is 31.3 Å². The summed E-state index contributed by atoms with van der Waals surface area (Å²) in [6.45, 7) is 0.492. The second-order valence-corrected chi connectivity index (χ2v) is 4.35. The van der Waals surface area contributed by atoms with Crippen LogP contribution in [0.1, 0.15) is 19.3 Å². The van der Waals surface area contributed by atoms with Crippen molar-refractivity contribution >= 4 is 10.1 Å². The van der Waals surface area contributed by atoms with Crippen molar-refractivity contribution in [2.24, 2.45) is 11.5 Å². The number of unbranched alkanes of at least 4 members (excludes halogenated alkanes) is 1. The first-order chi connectivity index (χ1) is 5.52. The monoisotopic (exact) mass is 196 g/mol. The van der Waals surface area contributed by atoms with Crippen molar-refractivity contribution in [2.75, 3.05) is 13.1 Å². The fourth-order valence-electron chi connectivity index (χ4n) is 0.905. The van der Waals surface area contributed by atoms with Gasteiger partial charge in [0, 0.05) is 6.54 Å². The van der Waals surface area contributed by atoms with Crippen LogP contribution in [0.2, 0.25) is 0 Å². The summed E-state index contributed by atoms with van der Waals surface area (Å²) in [6.07, 6.45) is 1.82. The van der Waals surface area contributed by atoms with Gasteiger partial charge in [0.15, 0.2) is 0 Å². The first-order valence-corrected chi connectivity index (χ1v) is 5.39. The van der Waals surface area contributed by atoms with Crippen LogP contribution in [0.15, 0.2) is 0 Å². The maximum Gasteiger partial charge on any atom is 0.269 e. The standard InChI is InChI=1S/C6H16N2O3S/c7-4-2-1-3-6(5-8)12(9,10)11/h6H,1-5,7-8H2,(H,9,10,11). The zero-order chi connectivity index (χ0) is 9.61. The van der Waals surface area contributed by atoms with Gasteiger partial charge in [0.05, 0.1) is 5.25 Å². The average molecular weight is 196 g/mol. The SMILES string of the molecule is NCCCCC(CN)S(=O)(=O)O. The van der Waals surface area contributed by atoms with E-state index in [0.29, 0.717) is 19.4 Å². The molecule has 6 heteroatoms. The van der Waals surface area contributed by atoms with Crippen molar-refractivity contribution in [2.45, 2.75) is 24.5 Å². The molecule has 0 fully saturated rings. The fourth-order valence-corrected chi connectivity index (χ4v) is 1.61. The molecule has 0 aliphatic rings. The summed E-state index contributed by atoms with van der Waals surface area (Å²) >= 11 is 0. The van der Waals surface area contributed by atoms with Crippen LogP contribution in [0.4, 0.5) is 0 Å². The second kappa shape index (κ2) is 5.47. The largest absolute Gasteiger partial charge is 0.330 e. The van der Waals surface area contributed by atoms with Gasteiger partial charge in [0.25, 0.3) is 10.1 Å². The Kier molecular flexibility index (Phi) is 5.39. The summed E-state index contributed by atoms with van der Waals surface area (Å²) in [4.78, 5) is 0. The van der Waals surface area contributed by atoms with Gasteiger partial charge in [-0.2, -0.15) is 8.42 Å². The molecule has 0 rings (SSSR count). The lowest BCUT2D eigenvalue weighted by molar-refractivity contribution is 0.459. The van der Waals surface area contributed by atoms with E-state index < -0.39 is 15.4 Å². The van der Waals surface area contributed by atoms with Gasteiger partial charge in [-0.3, -0.25) is 4.55 Å². The van der Waals surface area contributed by atoms with E-state index >= 15 is 0 Å². The average Bonchev–Trinajstić information content (AvgIpc) is 1.95. The van der Waals surface area contributed by atoms with E-state index in [1.54, 1.807) is 0 Å². The van der Waals surface area contributed by atoms with E-state index in [0.717, 1.165) is 6.42 Å². The first kappa shape index (κ1) is 11.8. The van der Waals surface area contributed by atoms with E-state index in [4.69, 9.17) is 16.0 Å². The van der Waals surface area contributed by atoms with E-state index in [9.17, 15) is 8.42 Å². The van der Waals surface area contributed by atoms with Crippen LogP contribution < -0.4 is 11.5 Å². The van der Waals surface area contributed by atoms with Gasteiger partial charge in [-0.1, -0.05) is 6.42 Å². The lowest BCUT2D eigenvalue weighted by Crippen LogP contribution is -2.29. The molecule has 0 bridgehead atoms. The zero-order valence-corrected chi connectivity index (χ0v) is 7.76. The molecule has 5 N–H and O–H groups in total. The van der Waals surface area contributed by atoms with Gasteiger partial charge < -0.3 is 11.5 Å². The van der Waals surface area contributed by atoms with Gasteiger partial charge in [-0.15, -0.1) is 0 Å². The molecular weight excluding hydrogens is 180 g/mol. The summed E-state index contributed by atoms with van der Waals surface area (Å²) in [5.41, 5.74) is 10.4. The third-order valence-corrected chi connectivity index (χ3v) is 2.93. The first-order valence-electron chi connectivity index (χ1n) is 3.88.